The fraction of sp³-hybridized carbons (Fsp3) is 0.650. The van der Waals surface area contributed by atoms with E-state index in [1.165, 1.54) is 44.1 Å². The Bertz CT molecular complexity index is 515. The molecule has 0 aromatic heterocycles. The second-order valence-electron chi connectivity index (χ2n) is 7.30. The third-order valence-electron chi connectivity index (χ3n) is 5.57. The summed E-state index contributed by atoms with van der Waals surface area (Å²) in [5.41, 5.74) is 1.19. The molecule has 2 aliphatic carbocycles. The maximum absolute atomic E-state index is 12.9. The summed E-state index contributed by atoms with van der Waals surface area (Å²) < 4.78 is 5.23. The lowest BCUT2D eigenvalue weighted by molar-refractivity contribution is -0.135. The number of methoxy groups -OCH3 is 1. The minimum Gasteiger partial charge on any atom is -0.497 e. The highest BCUT2D eigenvalue weighted by atomic mass is 16.5. The van der Waals surface area contributed by atoms with Crippen LogP contribution >= 0.6 is 0 Å². The second-order valence-corrected chi connectivity index (χ2v) is 7.30. The van der Waals surface area contributed by atoms with Gasteiger partial charge in [0.05, 0.1) is 7.11 Å². The highest BCUT2D eigenvalue weighted by Gasteiger charge is 2.35. The molecule has 0 spiro atoms. The molecule has 1 aromatic rings. The molecule has 1 atom stereocenters. The van der Waals surface area contributed by atoms with Gasteiger partial charge >= 0.3 is 0 Å². The Morgan fingerprint density at radius 2 is 1.83 bits per heavy atom. The van der Waals surface area contributed by atoms with E-state index in [1.807, 2.05) is 12.1 Å². The van der Waals surface area contributed by atoms with Crippen molar-refractivity contribution >= 4 is 5.91 Å². The van der Waals surface area contributed by atoms with Crippen LogP contribution in [0.3, 0.4) is 0 Å². The SMILES string of the molecule is COc1ccc(CN(C(=O)CC2CCCC2)C(C)C2CC2)cc1. The summed E-state index contributed by atoms with van der Waals surface area (Å²) in [5.74, 6) is 2.55. The molecule has 3 nitrogen and oxygen atoms in total. The molecule has 1 aromatic carbocycles. The van der Waals surface area contributed by atoms with Crippen LogP contribution in [0.2, 0.25) is 0 Å². The molecule has 0 aliphatic heterocycles. The van der Waals surface area contributed by atoms with E-state index in [1.54, 1.807) is 7.11 Å². The Labute approximate surface area is 140 Å². The summed E-state index contributed by atoms with van der Waals surface area (Å²) in [4.78, 5) is 15.0. The van der Waals surface area contributed by atoms with Crippen LogP contribution in [0.25, 0.3) is 0 Å². The van der Waals surface area contributed by atoms with Crippen LogP contribution < -0.4 is 4.74 Å². The molecule has 2 saturated carbocycles. The molecule has 1 amide bonds. The molecule has 23 heavy (non-hydrogen) atoms. The van der Waals surface area contributed by atoms with E-state index >= 15 is 0 Å². The highest BCUT2D eigenvalue weighted by molar-refractivity contribution is 5.77. The fourth-order valence-corrected chi connectivity index (χ4v) is 3.80. The third-order valence-corrected chi connectivity index (χ3v) is 5.57. The van der Waals surface area contributed by atoms with Crippen molar-refractivity contribution in [1.29, 1.82) is 0 Å². The Kier molecular flexibility index (Phi) is 5.24. The molecule has 1 unspecified atom stereocenters. The lowest BCUT2D eigenvalue weighted by Crippen LogP contribution is -2.40. The van der Waals surface area contributed by atoms with Gasteiger partial charge in [-0.25, -0.2) is 0 Å². The highest BCUT2D eigenvalue weighted by Crippen LogP contribution is 2.37. The molecular weight excluding hydrogens is 286 g/mol. The summed E-state index contributed by atoms with van der Waals surface area (Å²) >= 11 is 0. The van der Waals surface area contributed by atoms with Crippen molar-refractivity contribution in [3.05, 3.63) is 29.8 Å². The molecule has 0 radical (unpaired) electrons. The van der Waals surface area contributed by atoms with E-state index in [4.69, 9.17) is 4.74 Å². The number of benzene rings is 1. The van der Waals surface area contributed by atoms with Gasteiger partial charge in [-0.05, 0) is 62.1 Å². The van der Waals surface area contributed by atoms with Crippen LogP contribution in [0.15, 0.2) is 24.3 Å². The van der Waals surface area contributed by atoms with E-state index in [9.17, 15) is 4.79 Å². The Hall–Kier alpha value is -1.51. The van der Waals surface area contributed by atoms with Gasteiger partial charge in [-0.1, -0.05) is 25.0 Å². The topological polar surface area (TPSA) is 29.5 Å². The number of hydrogen-bond acceptors (Lipinski definition) is 2. The molecule has 2 aliphatic rings. The summed E-state index contributed by atoms with van der Waals surface area (Å²) in [6.45, 7) is 2.96. The third kappa shape index (κ3) is 4.27. The van der Waals surface area contributed by atoms with Gasteiger partial charge in [0.2, 0.25) is 5.91 Å². The lowest BCUT2D eigenvalue weighted by atomic mass is 10.0. The minimum atomic E-state index is 0.354. The van der Waals surface area contributed by atoms with Crippen LogP contribution in [0.5, 0.6) is 5.75 Å². The number of ether oxygens (including phenoxy) is 1. The zero-order valence-corrected chi connectivity index (χ0v) is 14.5. The van der Waals surface area contributed by atoms with Gasteiger partial charge in [-0.3, -0.25) is 4.79 Å². The molecule has 0 saturated heterocycles. The van der Waals surface area contributed by atoms with Gasteiger partial charge in [0, 0.05) is 19.0 Å². The largest absolute Gasteiger partial charge is 0.497 e. The van der Waals surface area contributed by atoms with Crippen LogP contribution in [0, 0.1) is 11.8 Å². The first-order chi connectivity index (χ1) is 11.2. The molecule has 2 fully saturated rings. The van der Waals surface area contributed by atoms with Gasteiger partial charge in [0.25, 0.3) is 0 Å². The van der Waals surface area contributed by atoms with Gasteiger partial charge in [-0.15, -0.1) is 0 Å². The van der Waals surface area contributed by atoms with Crippen molar-refractivity contribution in [1.82, 2.24) is 4.90 Å². The molecule has 3 rings (SSSR count). The minimum absolute atomic E-state index is 0.354. The zero-order chi connectivity index (χ0) is 16.2. The van der Waals surface area contributed by atoms with Gasteiger partial charge in [0.1, 0.15) is 5.75 Å². The first-order valence-corrected chi connectivity index (χ1v) is 9.09. The molecule has 0 bridgehead atoms. The quantitative estimate of drug-likeness (QED) is 0.746. The Morgan fingerprint density at radius 1 is 1.17 bits per heavy atom. The van der Waals surface area contributed by atoms with E-state index in [0.29, 0.717) is 23.8 Å². The average molecular weight is 315 g/mol. The van der Waals surface area contributed by atoms with E-state index in [0.717, 1.165) is 18.7 Å². The summed E-state index contributed by atoms with van der Waals surface area (Å²) in [6, 6.07) is 8.49. The zero-order valence-electron chi connectivity index (χ0n) is 14.5. The molecule has 126 valence electrons. The summed E-state index contributed by atoms with van der Waals surface area (Å²) in [7, 11) is 1.68. The van der Waals surface area contributed by atoms with E-state index < -0.39 is 0 Å². The maximum Gasteiger partial charge on any atom is 0.223 e. The number of amides is 1. The first kappa shape index (κ1) is 16.4. The van der Waals surface area contributed by atoms with Crippen molar-refractivity contribution in [3.8, 4) is 5.75 Å². The molecular formula is C20H29NO2. The molecule has 0 heterocycles. The normalized spacial score (nSPS) is 19.6. The number of nitrogens with zero attached hydrogens (tertiary/aromatic N) is 1. The lowest BCUT2D eigenvalue weighted by Gasteiger charge is -2.30. The number of carbonyl (C=O) groups is 1. The van der Waals surface area contributed by atoms with Crippen molar-refractivity contribution in [2.75, 3.05) is 7.11 Å². The second kappa shape index (κ2) is 7.37. The number of rotatable bonds is 7. The first-order valence-electron chi connectivity index (χ1n) is 9.09. The van der Waals surface area contributed by atoms with Crippen LogP contribution in [-0.4, -0.2) is 24.0 Å². The average Bonchev–Trinajstić information content (AvgIpc) is 3.30. The smallest absolute Gasteiger partial charge is 0.223 e. The van der Waals surface area contributed by atoms with Gasteiger partial charge in [-0.2, -0.15) is 0 Å². The molecule has 0 N–H and O–H groups in total. The maximum atomic E-state index is 12.9. The Morgan fingerprint density at radius 3 is 2.39 bits per heavy atom. The van der Waals surface area contributed by atoms with Crippen molar-refractivity contribution in [3.63, 3.8) is 0 Å². The van der Waals surface area contributed by atoms with Gasteiger partial charge in [0.15, 0.2) is 0 Å². The van der Waals surface area contributed by atoms with Gasteiger partial charge < -0.3 is 9.64 Å². The number of carbonyl (C=O) groups excluding carboxylic acids is 1. The van der Waals surface area contributed by atoms with E-state index in [2.05, 4.69) is 24.0 Å². The number of hydrogen-bond donors (Lipinski definition) is 0. The standard InChI is InChI=1S/C20H29NO2/c1-15(18-9-10-18)21(20(22)13-16-5-3-4-6-16)14-17-7-11-19(23-2)12-8-17/h7-8,11-12,15-16,18H,3-6,9-10,13-14H2,1-2H3. The predicted molar refractivity (Wildman–Crippen MR) is 92.3 cm³/mol. The van der Waals surface area contributed by atoms with Crippen molar-refractivity contribution in [2.24, 2.45) is 11.8 Å². The monoisotopic (exact) mass is 315 g/mol. The van der Waals surface area contributed by atoms with Crippen molar-refractivity contribution < 1.29 is 9.53 Å². The summed E-state index contributed by atoms with van der Waals surface area (Å²) in [5, 5.41) is 0. The van der Waals surface area contributed by atoms with Crippen LogP contribution in [0.4, 0.5) is 0 Å². The van der Waals surface area contributed by atoms with Crippen molar-refractivity contribution in [2.45, 2.75) is 64.5 Å². The molecule has 3 heteroatoms. The van der Waals surface area contributed by atoms with E-state index in [-0.39, 0.29) is 0 Å². The predicted octanol–water partition coefficient (Wildman–Crippen LogP) is 4.40. The Balaban J connectivity index is 1.67. The summed E-state index contributed by atoms with van der Waals surface area (Å²) in [6.07, 6.45) is 8.37. The van der Waals surface area contributed by atoms with Crippen LogP contribution in [0.1, 0.15) is 57.4 Å². The fourth-order valence-electron chi connectivity index (χ4n) is 3.80. The van der Waals surface area contributed by atoms with Crippen LogP contribution in [-0.2, 0) is 11.3 Å².